The van der Waals surface area contributed by atoms with Crippen molar-refractivity contribution in [2.24, 2.45) is 0 Å². The molecule has 7 nitrogen and oxygen atoms in total. The molecule has 0 heterocycles. The Balaban J connectivity index is 2.00. The van der Waals surface area contributed by atoms with Gasteiger partial charge in [-0.1, -0.05) is 12.1 Å². The lowest BCUT2D eigenvalue weighted by Gasteiger charge is -2.12. The fourth-order valence-electron chi connectivity index (χ4n) is 1.97. The zero-order chi connectivity index (χ0) is 17.6. The standard InChI is InChI=1S/C16H19N3O4S/c1-3-23-15-7-5-4-6-14(15)18-16(20)17-12-8-10-13(11-9-12)19-24(2,21)22/h4-11,19H,3H2,1-2H3,(H2,17,18,20). The summed E-state index contributed by atoms with van der Waals surface area (Å²) in [7, 11) is -3.33. The third kappa shape index (κ3) is 5.47. The Kier molecular flexibility index (Phi) is 5.64. The molecule has 0 unspecified atom stereocenters. The second-order valence-electron chi connectivity index (χ2n) is 4.96. The Bertz CT molecular complexity index is 804. The third-order valence-corrected chi connectivity index (χ3v) is 3.49. The zero-order valence-electron chi connectivity index (χ0n) is 13.4. The van der Waals surface area contributed by atoms with E-state index in [1.54, 1.807) is 42.5 Å². The Morgan fingerprint density at radius 3 is 2.25 bits per heavy atom. The summed E-state index contributed by atoms with van der Waals surface area (Å²) in [4.78, 5) is 12.1. The van der Waals surface area contributed by atoms with Crippen LogP contribution in [0, 0.1) is 0 Å². The number of carbonyl (C=O) groups is 1. The number of amides is 2. The lowest BCUT2D eigenvalue weighted by atomic mass is 10.3. The molecular weight excluding hydrogens is 330 g/mol. The predicted molar refractivity (Wildman–Crippen MR) is 95.2 cm³/mol. The first kappa shape index (κ1) is 17.6. The van der Waals surface area contributed by atoms with Crippen molar-refractivity contribution in [3.8, 4) is 5.75 Å². The lowest BCUT2D eigenvalue weighted by molar-refractivity contribution is 0.262. The van der Waals surface area contributed by atoms with E-state index in [1.165, 1.54) is 0 Å². The highest BCUT2D eigenvalue weighted by molar-refractivity contribution is 7.92. The fraction of sp³-hybridized carbons (Fsp3) is 0.188. The van der Waals surface area contributed by atoms with Crippen LogP contribution in [0.4, 0.5) is 21.9 Å². The molecule has 24 heavy (non-hydrogen) atoms. The van der Waals surface area contributed by atoms with E-state index in [0.717, 1.165) is 6.26 Å². The van der Waals surface area contributed by atoms with Gasteiger partial charge >= 0.3 is 6.03 Å². The van der Waals surface area contributed by atoms with E-state index in [-0.39, 0.29) is 0 Å². The second-order valence-corrected chi connectivity index (χ2v) is 6.71. The van der Waals surface area contributed by atoms with Gasteiger partial charge in [0.2, 0.25) is 10.0 Å². The van der Waals surface area contributed by atoms with E-state index < -0.39 is 16.1 Å². The van der Waals surface area contributed by atoms with Crippen molar-refractivity contribution >= 4 is 33.1 Å². The van der Waals surface area contributed by atoms with Crippen LogP contribution in [-0.4, -0.2) is 27.3 Å². The van der Waals surface area contributed by atoms with Gasteiger partial charge in [-0.25, -0.2) is 13.2 Å². The van der Waals surface area contributed by atoms with E-state index >= 15 is 0 Å². The third-order valence-electron chi connectivity index (χ3n) is 2.88. The van der Waals surface area contributed by atoms with Gasteiger partial charge in [0.25, 0.3) is 0 Å². The SMILES string of the molecule is CCOc1ccccc1NC(=O)Nc1ccc(NS(C)(=O)=O)cc1. The number of anilines is 3. The molecule has 0 atom stereocenters. The van der Waals surface area contributed by atoms with Gasteiger partial charge in [-0.3, -0.25) is 4.72 Å². The van der Waals surface area contributed by atoms with Crippen LogP contribution in [-0.2, 0) is 10.0 Å². The molecule has 128 valence electrons. The number of para-hydroxylation sites is 2. The summed E-state index contributed by atoms with van der Waals surface area (Å²) in [5.74, 6) is 0.586. The van der Waals surface area contributed by atoms with Gasteiger partial charge < -0.3 is 15.4 Å². The largest absolute Gasteiger partial charge is 0.492 e. The minimum atomic E-state index is -3.33. The van der Waals surface area contributed by atoms with Crippen molar-refractivity contribution < 1.29 is 17.9 Å². The normalized spacial score (nSPS) is 10.8. The molecule has 0 spiro atoms. The molecule has 0 saturated carbocycles. The molecule has 2 aromatic rings. The number of benzene rings is 2. The van der Waals surface area contributed by atoms with Crippen molar-refractivity contribution in [1.29, 1.82) is 0 Å². The van der Waals surface area contributed by atoms with Crippen LogP contribution >= 0.6 is 0 Å². The average molecular weight is 349 g/mol. The van der Waals surface area contributed by atoms with E-state index in [4.69, 9.17) is 4.74 Å². The molecule has 2 amide bonds. The molecule has 8 heteroatoms. The molecule has 0 aliphatic rings. The van der Waals surface area contributed by atoms with Crippen LogP contribution in [0.25, 0.3) is 0 Å². The van der Waals surface area contributed by atoms with Crippen molar-refractivity contribution in [3.05, 3.63) is 48.5 Å². The van der Waals surface area contributed by atoms with Gasteiger partial charge in [-0.05, 0) is 43.3 Å². The highest BCUT2D eigenvalue weighted by Crippen LogP contribution is 2.24. The van der Waals surface area contributed by atoms with E-state index in [2.05, 4.69) is 15.4 Å². The monoisotopic (exact) mass is 349 g/mol. The summed E-state index contributed by atoms with van der Waals surface area (Å²) in [6.45, 7) is 2.36. The summed E-state index contributed by atoms with van der Waals surface area (Å²) in [6.07, 6.45) is 1.07. The van der Waals surface area contributed by atoms with Gasteiger partial charge in [0.05, 0.1) is 18.6 Å². The molecule has 0 aromatic heterocycles. The van der Waals surface area contributed by atoms with Gasteiger partial charge in [-0.15, -0.1) is 0 Å². The fourth-order valence-corrected chi connectivity index (χ4v) is 2.54. The first-order chi connectivity index (χ1) is 11.4. The quantitative estimate of drug-likeness (QED) is 0.746. The number of ether oxygens (including phenoxy) is 1. The lowest BCUT2D eigenvalue weighted by Crippen LogP contribution is -2.20. The minimum absolute atomic E-state index is 0.421. The molecule has 0 radical (unpaired) electrons. The van der Waals surface area contributed by atoms with E-state index in [0.29, 0.717) is 29.4 Å². The molecule has 0 saturated heterocycles. The molecule has 2 rings (SSSR count). The topological polar surface area (TPSA) is 96.5 Å². The maximum Gasteiger partial charge on any atom is 0.323 e. The van der Waals surface area contributed by atoms with Crippen molar-refractivity contribution in [2.75, 3.05) is 28.2 Å². The molecule has 0 aliphatic carbocycles. The van der Waals surface area contributed by atoms with Crippen LogP contribution in [0.3, 0.4) is 0 Å². The number of hydrogen-bond acceptors (Lipinski definition) is 4. The minimum Gasteiger partial charge on any atom is -0.492 e. The van der Waals surface area contributed by atoms with E-state index in [9.17, 15) is 13.2 Å². The molecule has 3 N–H and O–H groups in total. The summed E-state index contributed by atoms with van der Waals surface area (Å²) in [6, 6.07) is 13.0. The molecule has 2 aromatic carbocycles. The smallest absolute Gasteiger partial charge is 0.323 e. The molecule has 0 aliphatic heterocycles. The number of hydrogen-bond donors (Lipinski definition) is 3. The zero-order valence-corrected chi connectivity index (χ0v) is 14.2. The van der Waals surface area contributed by atoms with Crippen LogP contribution in [0.5, 0.6) is 5.75 Å². The Morgan fingerprint density at radius 1 is 1.00 bits per heavy atom. The molecule has 0 bridgehead atoms. The van der Waals surface area contributed by atoms with Crippen LogP contribution < -0.4 is 20.1 Å². The number of rotatable bonds is 6. The maximum atomic E-state index is 12.1. The summed E-state index contributed by atoms with van der Waals surface area (Å²) in [5.41, 5.74) is 1.51. The van der Waals surface area contributed by atoms with E-state index in [1.807, 2.05) is 13.0 Å². The predicted octanol–water partition coefficient (Wildman–Crippen LogP) is 3.10. The van der Waals surface area contributed by atoms with Gasteiger partial charge in [-0.2, -0.15) is 0 Å². The average Bonchev–Trinajstić information content (AvgIpc) is 2.50. The Morgan fingerprint density at radius 2 is 1.62 bits per heavy atom. The maximum absolute atomic E-state index is 12.1. The molecular formula is C16H19N3O4S. The summed E-state index contributed by atoms with van der Waals surface area (Å²) in [5, 5.41) is 5.38. The van der Waals surface area contributed by atoms with Crippen LogP contribution in [0.1, 0.15) is 6.92 Å². The van der Waals surface area contributed by atoms with Crippen LogP contribution in [0.2, 0.25) is 0 Å². The number of urea groups is 1. The second kappa shape index (κ2) is 7.69. The van der Waals surface area contributed by atoms with Gasteiger partial charge in [0.15, 0.2) is 0 Å². The highest BCUT2D eigenvalue weighted by atomic mass is 32.2. The Hall–Kier alpha value is -2.74. The van der Waals surface area contributed by atoms with Crippen molar-refractivity contribution in [2.45, 2.75) is 6.92 Å². The first-order valence-electron chi connectivity index (χ1n) is 7.25. The van der Waals surface area contributed by atoms with Crippen molar-refractivity contribution in [3.63, 3.8) is 0 Å². The Labute approximate surface area is 141 Å². The highest BCUT2D eigenvalue weighted by Gasteiger charge is 2.08. The first-order valence-corrected chi connectivity index (χ1v) is 9.14. The summed E-state index contributed by atoms with van der Waals surface area (Å²) >= 11 is 0. The number of nitrogens with one attached hydrogen (secondary N) is 3. The van der Waals surface area contributed by atoms with Crippen molar-refractivity contribution in [1.82, 2.24) is 0 Å². The summed E-state index contributed by atoms with van der Waals surface area (Å²) < 4.78 is 30.1. The van der Waals surface area contributed by atoms with Gasteiger partial charge in [0.1, 0.15) is 5.75 Å². The molecule has 0 fully saturated rings. The van der Waals surface area contributed by atoms with Gasteiger partial charge in [0, 0.05) is 11.4 Å². The number of carbonyl (C=O) groups excluding carboxylic acids is 1. The number of sulfonamides is 1. The van der Waals surface area contributed by atoms with Crippen LogP contribution in [0.15, 0.2) is 48.5 Å².